The van der Waals surface area contributed by atoms with Crippen LogP contribution >= 0.6 is 0 Å². The Bertz CT molecular complexity index is 476. The highest BCUT2D eigenvalue weighted by Gasteiger charge is 2.40. The van der Waals surface area contributed by atoms with E-state index in [2.05, 4.69) is 11.9 Å². The standard InChI is InChI=1S/C17H24FNO/c1-11-3-4-14(18)7-12(11)10-17(20)13-8-15-5-6-16(9-13)19(15)2/h3-4,7,13,15-17,20H,5-6,8-10H2,1-2H3. The fourth-order valence-corrected chi connectivity index (χ4v) is 4.02. The minimum Gasteiger partial charge on any atom is -0.392 e. The second-order valence-electron chi connectivity index (χ2n) is 6.62. The van der Waals surface area contributed by atoms with Gasteiger partial charge in [0.15, 0.2) is 0 Å². The Morgan fingerprint density at radius 3 is 2.60 bits per heavy atom. The number of hydrogen-bond donors (Lipinski definition) is 1. The molecule has 0 spiro atoms. The normalized spacial score (nSPS) is 31.5. The molecule has 3 heteroatoms. The molecule has 1 N–H and O–H groups in total. The molecule has 2 nitrogen and oxygen atoms in total. The van der Waals surface area contributed by atoms with Crippen LogP contribution in [0.1, 0.15) is 36.8 Å². The topological polar surface area (TPSA) is 23.5 Å². The van der Waals surface area contributed by atoms with Gasteiger partial charge in [0, 0.05) is 12.1 Å². The maximum Gasteiger partial charge on any atom is 0.123 e. The van der Waals surface area contributed by atoms with Crippen molar-refractivity contribution < 1.29 is 9.50 Å². The van der Waals surface area contributed by atoms with E-state index in [-0.39, 0.29) is 11.9 Å². The molecule has 20 heavy (non-hydrogen) atoms. The summed E-state index contributed by atoms with van der Waals surface area (Å²) in [7, 11) is 2.21. The highest BCUT2D eigenvalue weighted by atomic mass is 19.1. The predicted octanol–water partition coefficient (Wildman–Crippen LogP) is 2.91. The third-order valence-electron chi connectivity index (χ3n) is 5.42. The van der Waals surface area contributed by atoms with Crippen molar-refractivity contribution in [2.45, 2.75) is 57.2 Å². The molecule has 0 radical (unpaired) electrons. The summed E-state index contributed by atoms with van der Waals surface area (Å²) in [6.45, 7) is 1.99. The molecule has 2 saturated heterocycles. The molecule has 3 unspecified atom stereocenters. The van der Waals surface area contributed by atoms with Crippen molar-refractivity contribution in [2.24, 2.45) is 5.92 Å². The van der Waals surface area contributed by atoms with Crippen molar-refractivity contribution in [1.29, 1.82) is 0 Å². The highest BCUT2D eigenvalue weighted by molar-refractivity contribution is 5.27. The van der Waals surface area contributed by atoms with Gasteiger partial charge in [0.1, 0.15) is 5.82 Å². The van der Waals surface area contributed by atoms with Crippen LogP contribution in [-0.2, 0) is 6.42 Å². The molecule has 0 aromatic heterocycles. The van der Waals surface area contributed by atoms with E-state index in [1.165, 1.54) is 18.9 Å². The lowest BCUT2D eigenvalue weighted by Gasteiger charge is -2.38. The van der Waals surface area contributed by atoms with Crippen LogP contribution in [-0.4, -0.2) is 35.2 Å². The number of benzene rings is 1. The van der Waals surface area contributed by atoms with E-state index >= 15 is 0 Å². The lowest BCUT2D eigenvalue weighted by Crippen LogP contribution is -2.43. The number of fused-ring (bicyclic) bond motifs is 2. The van der Waals surface area contributed by atoms with Crippen molar-refractivity contribution in [3.8, 4) is 0 Å². The third-order valence-corrected chi connectivity index (χ3v) is 5.42. The van der Waals surface area contributed by atoms with E-state index in [1.54, 1.807) is 12.1 Å². The fourth-order valence-electron chi connectivity index (χ4n) is 4.02. The third kappa shape index (κ3) is 2.61. The summed E-state index contributed by atoms with van der Waals surface area (Å²) in [6, 6.07) is 6.14. The monoisotopic (exact) mass is 277 g/mol. The van der Waals surface area contributed by atoms with Gasteiger partial charge in [0.05, 0.1) is 6.10 Å². The largest absolute Gasteiger partial charge is 0.392 e. The predicted molar refractivity (Wildman–Crippen MR) is 78.1 cm³/mol. The molecule has 3 rings (SSSR count). The quantitative estimate of drug-likeness (QED) is 0.918. The van der Waals surface area contributed by atoms with Gasteiger partial charge in [-0.15, -0.1) is 0 Å². The fraction of sp³-hybridized carbons (Fsp3) is 0.647. The van der Waals surface area contributed by atoms with Crippen molar-refractivity contribution >= 4 is 0 Å². The Morgan fingerprint density at radius 1 is 1.30 bits per heavy atom. The Balaban J connectivity index is 1.68. The molecule has 2 aliphatic heterocycles. The van der Waals surface area contributed by atoms with E-state index in [4.69, 9.17) is 0 Å². The van der Waals surface area contributed by atoms with E-state index in [9.17, 15) is 9.50 Å². The summed E-state index contributed by atoms with van der Waals surface area (Å²) < 4.78 is 13.3. The van der Waals surface area contributed by atoms with Crippen LogP contribution in [0.4, 0.5) is 4.39 Å². The highest BCUT2D eigenvalue weighted by Crippen LogP contribution is 2.39. The zero-order chi connectivity index (χ0) is 14.3. The lowest BCUT2D eigenvalue weighted by atomic mass is 9.83. The minimum atomic E-state index is -0.340. The van der Waals surface area contributed by atoms with Gasteiger partial charge < -0.3 is 10.0 Å². The summed E-state index contributed by atoms with van der Waals surface area (Å²) in [5.74, 6) is 0.160. The van der Waals surface area contributed by atoms with Crippen LogP contribution in [0, 0.1) is 18.7 Å². The average molecular weight is 277 g/mol. The molecule has 0 amide bonds. The second kappa shape index (κ2) is 5.45. The molecule has 0 aliphatic carbocycles. The van der Waals surface area contributed by atoms with E-state index < -0.39 is 0 Å². The van der Waals surface area contributed by atoms with Gasteiger partial charge in [-0.05, 0) is 75.3 Å². The first-order valence-electron chi connectivity index (χ1n) is 7.69. The molecular weight excluding hydrogens is 253 g/mol. The van der Waals surface area contributed by atoms with Crippen LogP contribution in [0.2, 0.25) is 0 Å². The summed E-state index contributed by atoms with van der Waals surface area (Å²) >= 11 is 0. The molecule has 1 aromatic carbocycles. The van der Waals surface area contributed by atoms with Crippen LogP contribution in [0.5, 0.6) is 0 Å². The lowest BCUT2D eigenvalue weighted by molar-refractivity contribution is 0.0367. The maximum absolute atomic E-state index is 13.3. The average Bonchev–Trinajstić information content (AvgIpc) is 2.65. The minimum absolute atomic E-state index is 0.207. The number of halogens is 1. The van der Waals surface area contributed by atoms with Crippen molar-refractivity contribution in [2.75, 3.05) is 7.05 Å². The molecule has 0 saturated carbocycles. The molecular formula is C17H24FNO. The van der Waals surface area contributed by atoms with Gasteiger partial charge in [0.2, 0.25) is 0 Å². The van der Waals surface area contributed by atoms with E-state index in [0.29, 0.717) is 24.4 Å². The molecule has 2 aliphatic rings. The number of aliphatic hydroxyl groups is 1. The van der Waals surface area contributed by atoms with E-state index in [0.717, 1.165) is 24.0 Å². The van der Waals surface area contributed by atoms with Gasteiger partial charge >= 0.3 is 0 Å². The summed E-state index contributed by atoms with van der Waals surface area (Å²) in [4.78, 5) is 2.48. The zero-order valence-corrected chi connectivity index (χ0v) is 12.3. The molecule has 110 valence electrons. The molecule has 1 aromatic rings. The summed E-state index contributed by atoms with van der Waals surface area (Å²) in [5.41, 5.74) is 2.02. The Kier molecular flexibility index (Phi) is 3.83. The number of nitrogens with zero attached hydrogens (tertiary/aromatic N) is 1. The van der Waals surface area contributed by atoms with Crippen LogP contribution in [0.3, 0.4) is 0 Å². The molecule has 2 bridgehead atoms. The van der Waals surface area contributed by atoms with Gasteiger partial charge in [-0.2, -0.15) is 0 Å². The summed E-state index contributed by atoms with van der Waals surface area (Å²) in [5, 5.41) is 10.6. The van der Waals surface area contributed by atoms with Gasteiger partial charge in [0.25, 0.3) is 0 Å². The number of rotatable bonds is 3. The van der Waals surface area contributed by atoms with Crippen LogP contribution in [0.25, 0.3) is 0 Å². The van der Waals surface area contributed by atoms with Gasteiger partial charge in [-0.25, -0.2) is 4.39 Å². The zero-order valence-electron chi connectivity index (χ0n) is 12.3. The van der Waals surface area contributed by atoms with E-state index in [1.807, 2.05) is 6.92 Å². The number of aliphatic hydroxyl groups excluding tert-OH is 1. The smallest absolute Gasteiger partial charge is 0.123 e. The van der Waals surface area contributed by atoms with Crippen molar-refractivity contribution in [1.82, 2.24) is 4.90 Å². The maximum atomic E-state index is 13.3. The second-order valence-corrected chi connectivity index (χ2v) is 6.62. The van der Waals surface area contributed by atoms with Gasteiger partial charge in [-0.1, -0.05) is 6.07 Å². The Morgan fingerprint density at radius 2 is 1.95 bits per heavy atom. The Hall–Kier alpha value is -0.930. The summed E-state index contributed by atoms with van der Waals surface area (Å²) in [6.07, 6.45) is 4.95. The first kappa shape index (κ1) is 14.0. The first-order valence-corrected chi connectivity index (χ1v) is 7.69. The molecule has 2 heterocycles. The molecule has 2 fully saturated rings. The Labute approximate surface area is 120 Å². The number of aryl methyl sites for hydroxylation is 1. The number of piperidine rings is 1. The van der Waals surface area contributed by atoms with Crippen LogP contribution < -0.4 is 0 Å². The number of hydrogen-bond acceptors (Lipinski definition) is 2. The van der Waals surface area contributed by atoms with Gasteiger partial charge in [-0.3, -0.25) is 0 Å². The SMILES string of the molecule is Cc1ccc(F)cc1CC(O)C1CC2CCC(C1)N2C. The van der Waals surface area contributed by atoms with Crippen molar-refractivity contribution in [3.63, 3.8) is 0 Å². The van der Waals surface area contributed by atoms with Crippen molar-refractivity contribution in [3.05, 3.63) is 35.1 Å². The molecule has 3 atom stereocenters. The first-order chi connectivity index (χ1) is 9.54. The van der Waals surface area contributed by atoms with Crippen LogP contribution in [0.15, 0.2) is 18.2 Å².